The molecule has 0 saturated carbocycles. The van der Waals surface area contributed by atoms with Gasteiger partial charge in [-0.25, -0.2) is 0 Å². The van der Waals surface area contributed by atoms with Crippen molar-refractivity contribution in [2.75, 3.05) is 0 Å². The standard InChI is InChI=1S/C43H29N/c44-30-41-39(42-35(31-16-5-1-6-17-31)24-13-25-36(42)32-18-7-2-8-19-32)28-15-29-40(41)43-37(33-20-9-3-10-21-33)26-14-27-38(43)34-22-11-4-12-23-34/h1-29H. The summed E-state index contributed by atoms with van der Waals surface area (Å²) < 4.78 is 0. The molecule has 0 bridgehead atoms. The van der Waals surface area contributed by atoms with Gasteiger partial charge in [-0.1, -0.05) is 176 Å². The Bertz CT molecular complexity index is 1830. The second-order valence-corrected chi connectivity index (χ2v) is 10.8. The van der Waals surface area contributed by atoms with Gasteiger partial charge in [0.05, 0.1) is 5.56 Å². The van der Waals surface area contributed by atoms with Crippen molar-refractivity contribution in [2.45, 2.75) is 0 Å². The number of benzene rings is 7. The van der Waals surface area contributed by atoms with E-state index in [-0.39, 0.29) is 0 Å². The Kier molecular flexibility index (Phi) is 7.40. The van der Waals surface area contributed by atoms with Gasteiger partial charge in [-0.15, -0.1) is 0 Å². The van der Waals surface area contributed by atoms with Gasteiger partial charge in [0.2, 0.25) is 0 Å². The number of nitriles is 1. The lowest BCUT2D eigenvalue weighted by molar-refractivity contribution is 1.46. The zero-order chi connectivity index (χ0) is 29.7. The molecule has 0 fully saturated rings. The van der Waals surface area contributed by atoms with Crippen molar-refractivity contribution in [3.8, 4) is 72.8 Å². The van der Waals surface area contributed by atoms with E-state index in [0.717, 1.165) is 66.8 Å². The third kappa shape index (κ3) is 5.00. The Balaban J connectivity index is 1.57. The molecule has 0 atom stereocenters. The number of hydrogen-bond acceptors (Lipinski definition) is 1. The Morgan fingerprint density at radius 2 is 0.523 bits per heavy atom. The van der Waals surface area contributed by atoms with E-state index in [1.165, 1.54) is 0 Å². The predicted molar refractivity (Wildman–Crippen MR) is 184 cm³/mol. The lowest BCUT2D eigenvalue weighted by atomic mass is 9.81. The summed E-state index contributed by atoms with van der Waals surface area (Å²) in [6.45, 7) is 0. The van der Waals surface area contributed by atoms with Gasteiger partial charge in [-0.2, -0.15) is 5.26 Å². The number of rotatable bonds is 6. The van der Waals surface area contributed by atoms with Crippen LogP contribution in [0.25, 0.3) is 66.8 Å². The highest BCUT2D eigenvalue weighted by atomic mass is 14.3. The average molecular weight is 560 g/mol. The number of hydrogen-bond donors (Lipinski definition) is 0. The van der Waals surface area contributed by atoms with Crippen LogP contribution in [-0.2, 0) is 0 Å². The van der Waals surface area contributed by atoms with Gasteiger partial charge in [0.25, 0.3) is 0 Å². The highest BCUT2D eigenvalue weighted by Gasteiger charge is 2.22. The molecule has 7 rings (SSSR count). The molecule has 7 aromatic rings. The van der Waals surface area contributed by atoms with Crippen LogP contribution in [0.4, 0.5) is 0 Å². The van der Waals surface area contributed by atoms with E-state index in [4.69, 9.17) is 0 Å². The maximum absolute atomic E-state index is 11.0. The van der Waals surface area contributed by atoms with Gasteiger partial charge in [-0.05, 0) is 55.6 Å². The Morgan fingerprint density at radius 1 is 0.273 bits per heavy atom. The Labute approximate surface area is 259 Å². The molecule has 0 unspecified atom stereocenters. The normalized spacial score (nSPS) is 10.7. The summed E-state index contributed by atoms with van der Waals surface area (Å²) in [5.74, 6) is 0. The van der Waals surface area contributed by atoms with Gasteiger partial charge in [0.1, 0.15) is 6.07 Å². The zero-order valence-electron chi connectivity index (χ0n) is 24.2. The lowest BCUT2D eigenvalue weighted by Crippen LogP contribution is -1.97. The van der Waals surface area contributed by atoms with Crippen molar-refractivity contribution in [2.24, 2.45) is 0 Å². The fourth-order valence-corrected chi connectivity index (χ4v) is 6.21. The van der Waals surface area contributed by atoms with E-state index in [1.807, 2.05) is 24.3 Å². The largest absolute Gasteiger partial charge is 0.192 e. The van der Waals surface area contributed by atoms with Crippen LogP contribution >= 0.6 is 0 Å². The molecule has 0 saturated heterocycles. The van der Waals surface area contributed by atoms with Crippen molar-refractivity contribution < 1.29 is 0 Å². The lowest BCUT2D eigenvalue weighted by Gasteiger charge is -2.21. The fourth-order valence-electron chi connectivity index (χ4n) is 6.21. The van der Waals surface area contributed by atoms with Crippen molar-refractivity contribution in [1.82, 2.24) is 0 Å². The summed E-state index contributed by atoms with van der Waals surface area (Å²) >= 11 is 0. The van der Waals surface area contributed by atoms with E-state index >= 15 is 0 Å². The quantitative estimate of drug-likeness (QED) is 0.199. The first-order valence-electron chi connectivity index (χ1n) is 14.8. The second kappa shape index (κ2) is 12.1. The van der Waals surface area contributed by atoms with Gasteiger partial charge in [0.15, 0.2) is 0 Å². The van der Waals surface area contributed by atoms with Crippen LogP contribution in [0.1, 0.15) is 5.56 Å². The third-order valence-electron chi connectivity index (χ3n) is 8.18. The molecule has 0 aliphatic rings. The molecule has 0 aromatic heterocycles. The summed E-state index contributed by atoms with van der Waals surface area (Å²) in [5.41, 5.74) is 13.5. The second-order valence-electron chi connectivity index (χ2n) is 10.8. The molecule has 0 radical (unpaired) electrons. The predicted octanol–water partition coefficient (Wildman–Crippen LogP) is 11.6. The summed E-state index contributed by atoms with van der Waals surface area (Å²) in [5, 5.41) is 11.0. The third-order valence-corrected chi connectivity index (χ3v) is 8.18. The molecule has 0 amide bonds. The monoisotopic (exact) mass is 559 g/mol. The molecule has 7 aromatic carbocycles. The van der Waals surface area contributed by atoms with Crippen LogP contribution in [0.15, 0.2) is 176 Å². The van der Waals surface area contributed by atoms with Crippen molar-refractivity contribution >= 4 is 0 Å². The van der Waals surface area contributed by atoms with Crippen LogP contribution in [0.3, 0.4) is 0 Å². The minimum atomic E-state index is 0.661. The molecule has 0 heterocycles. The van der Waals surface area contributed by atoms with Crippen LogP contribution in [0.2, 0.25) is 0 Å². The first-order chi connectivity index (χ1) is 21.8. The van der Waals surface area contributed by atoms with E-state index in [1.54, 1.807) is 0 Å². The van der Waals surface area contributed by atoms with Crippen LogP contribution in [0, 0.1) is 11.3 Å². The van der Waals surface area contributed by atoms with Crippen molar-refractivity contribution in [3.63, 3.8) is 0 Å². The zero-order valence-corrected chi connectivity index (χ0v) is 24.2. The first kappa shape index (κ1) is 26.9. The molecule has 0 aliphatic heterocycles. The molecule has 1 nitrogen and oxygen atoms in total. The average Bonchev–Trinajstić information content (AvgIpc) is 3.12. The minimum Gasteiger partial charge on any atom is -0.192 e. The molecule has 0 spiro atoms. The van der Waals surface area contributed by atoms with Crippen molar-refractivity contribution in [3.05, 3.63) is 181 Å². The van der Waals surface area contributed by atoms with Crippen molar-refractivity contribution in [1.29, 1.82) is 5.26 Å². The molecule has 0 N–H and O–H groups in total. The minimum absolute atomic E-state index is 0.661. The van der Waals surface area contributed by atoms with Gasteiger partial charge < -0.3 is 0 Å². The summed E-state index contributed by atoms with van der Waals surface area (Å²) in [4.78, 5) is 0. The molecule has 0 aliphatic carbocycles. The smallest absolute Gasteiger partial charge is 0.100 e. The van der Waals surface area contributed by atoms with E-state index in [9.17, 15) is 5.26 Å². The van der Waals surface area contributed by atoms with Gasteiger partial charge in [0, 0.05) is 11.1 Å². The fraction of sp³-hybridized carbons (Fsp3) is 0. The molecular formula is C43H29N. The topological polar surface area (TPSA) is 23.8 Å². The molecule has 1 heteroatoms. The van der Waals surface area contributed by atoms with Gasteiger partial charge >= 0.3 is 0 Å². The highest BCUT2D eigenvalue weighted by Crippen LogP contribution is 2.46. The SMILES string of the molecule is N#Cc1c(-c2c(-c3ccccc3)cccc2-c2ccccc2)cccc1-c1c(-c2ccccc2)cccc1-c1ccccc1. The molecular weight excluding hydrogens is 530 g/mol. The van der Waals surface area contributed by atoms with Crippen LogP contribution in [0.5, 0.6) is 0 Å². The Hall–Kier alpha value is -5.97. The summed E-state index contributed by atoms with van der Waals surface area (Å²) in [6, 6.07) is 63.7. The van der Waals surface area contributed by atoms with Gasteiger partial charge in [-0.3, -0.25) is 0 Å². The first-order valence-corrected chi connectivity index (χ1v) is 14.8. The van der Waals surface area contributed by atoms with Crippen LogP contribution in [-0.4, -0.2) is 0 Å². The molecule has 44 heavy (non-hydrogen) atoms. The van der Waals surface area contributed by atoms with E-state index in [0.29, 0.717) is 5.56 Å². The summed E-state index contributed by atoms with van der Waals surface area (Å²) in [6.07, 6.45) is 0. The van der Waals surface area contributed by atoms with Crippen LogP contribution < -0.4 is 0 Å². The maximum atomic E-state index is 11.0. The number of nitrogens with zero attached hydrogens (tertiary/aromatic N) is 1. The maximum Gasteiger partial charge on any atom is 0.100 e. The highest BCUT2D eigenvalue weighted by molar-refractivity contribution is 6.02. The summed E-state index contributed by atoms with van der Waals surface area (Å²) in [7, 11) is 0. The molecule has 206 valence electrons. The Morgan fingerprint density at radius 3 is 0.773 bits per heavy atom. The van der Waals surface area contributed by atoms with E-state index in [2.05, 4.69) is 158 Å². The van der Waals surface area contributed by atoms with E-state index < -0.39 is 0 Å².